The Morgan fingerprint density at radius 3 is 2.40 bits per heavy atom. The second-order valence-electron chi connectivity index (χ2n) is 5.30. The van der Waals surface area contributed by atoms with Gasteiger partial charge in [0.2, 0.25) is 0 Å². The molecular formula is C14H16ClN3O2. The highest BCUT2D eigenvalue weighted by molar-refractivity contribution is 6.30. The number of aliphatic hydroxyl groups excluding tert-OH is 1. The third kappa shape index (κ3) is 3.30. The highest BCUT2D eigenvalue weighted by Crippen LogP contribution is 2.29. The number of halogens is 1. The van der Waals surface area contributed by atoms with Crippen LogP contribution in [-0.2, 0) is 0 Å². The molecule has 0 aliphatic rings. The van der Waals surface area contributed by atoms with Crippen LogP contribution in [0.15, 0.2) is 42.7 Å². The summed E-state index contributed by atoms with van der Waals surface area (Å²) in [4.78, 5) is 3.87. The molecule has 0 unspecified atom stereocenters. The molecule has 0 atom stereocenters. The van der Waals surface area contributed by atoms with E-state index < -0.39 is 5.41 Å². The van der Waals surface area contributed by atoms with E-state index in [1.54, 1.807) is 24.3 Å². The average molecular weight is 294 g/mol. The fraction of sp³-hybridized carbons (Fsp3) is 0.286. The number of ether oxygens (including phenoxy) is 1. The van der Waals surface area contributed by atoms with Gasteiger partial charge in [-0.1, -0.05) is 32.4 Å². The van der Waals surface area contributed by atoms with Gasteiger partial charge in [-0.15, -0.1) is 0 Å². The molecule has 20 heavy (non-hydrogen) atoms. The van der Waals surface area contributed by atoms with E-state index in [0.717, 1.165) is 0 Å². The first-order valence-corrected chi connectivity index (χ1v) is 6.48. The van der Waals surface area contributed by atoms with Crippen LogP contribution in [-0.4, -0.2) is 19.9 Å². The molecule has 0 spiro atoms. The summed E-state index contributed by atoms with van der Waals surface area (Å²) in [7, 11) is 0. The van der Waals surface area contributed by atoms with Crippen molar-refractivity contribution in [2.45, 2.75) is 20.8 Å². The molecule has 1 aromatic heterocycles. The summed E-state index contributed by atoms with van der Waals surface area (Å²) < 4.78 is 7.12. The van der Waals surface area contributed by atoms with E-state index in [0.29, 0.717) is 10.8 Å². The van der Waals surface area contributed by atoms with Crippen LogP contribution < -0.4 is 4.74 Å². The summed E-state index contributed by atoms with van der Waals surface area (Å²) >= 11 is 5.84. The quantitative estimate of drug-likeness (QED) is 0.876. The van der Waals surface area contributed by atoms with E-state index in [9.17, 15) is 5.11 Å². The van der Waals surface area contributed by atoms with Crippen LogP contribution in [0.2, 0.25) is 5.02 Å². The molecule has 0 bridgehead atoms. The van der Waals surface area contributed by atoms with Crippen molar-refractivity contribution in [1.29, 1.82) is 0 Å². The lowest BCUT2D eigenvalue weighted by Crippen LogP contribution is -2.17. The van der Waals surface area contributed by atoms with E-state index in [2.05, 4.69) is 10.1 Å². The molecule has 0 saturated heterocycles. The third-order valence-electron chi connectivity index (χ3n) is 2.57. The molecule has 2 aromatic rings. The smallest absolute Gasteiger partial charge is 0.261 e. The molecule has 6 heteroatoms. The van der Waals surface area contributed by atoms with Gasteiger partial charge < -0.3 is 9.84 Å². The summed E-state index contributed by atoms with van der Waals surface area (Å²) in [5, 5.41) is 15.0. The number of aliphatic hydroxyl groups is 1. The van der Waals surface area contributed by atoms with Gasteiger partial charge in [-0.05, 0) is 24.3 Å². The Morgan fingerprint density at radius 1 is 1.25 bits per heavy atom. The second-order valence-corrected chi connectivity index (χ2v) is 5.74. The Kier molecular flexibility index (Phi) is 3.99. The normalized spacial score (nSPS) is 13.0. The van der Waals surface area contributed by atoms with Crippen LogP contribution in [0.1, 0.15) is 20.8 Å². The molecule has 0 aliphatic heterocycles. The molecule has 2 rings (SSSR count). The number of rotatable bonds is 3. The van der Waals surface area contributed by atoms with E-state index in [-0.39, 0.29) is 11.6 Å². The maximum Gasteiger partial charge on any atom is 0.261 e. The van der Waals surface area contributed by atoms with Crippen molar-refractivity contribution in [3.8, 4) is 5.75 Å². The zero-order valence-corrected chi connectivity index (χ0v) is 12.3. The van der Waals surface area contributed by atoms with E-state index in [1.807, 2.05) is 20.8 Å². The first-order valence-electron chi connectivity index (χ1n) is 6.10. The maximum atomic E-state index is 10.4. The van der Waals surface area contributed by atoms with Gasteiger partial charge in [0.25, 0.3) is 5.88 Å². The monoisotopic (exact) mass is 293 g/mol. The zero-order chi connectivity index (χ0) is 14.8. The number of nitrogens with zero attached hydrogens (tertiary/aromatic N) is 3. The fourth-order valence-corrected chi connectivity index (χ4v) is 1.58. The molecule has 0 saturated carbocycles. The molecule has 1 N–H and O–H groups in total. The maximum absolute atomic E-state index is 10.4. The topological polar surface area (TPSA) is 60.2 Å². The molecular weight excluding hydrogens is 278 g/mol. The van der Waals surface area contributed by atoms with Gasteiger partial charge >= 0.3 is 0 Å². The van der Waals surface area contributed by atoms with Crippen molar-refractivity contribution < 1.29 is 9.84 Å². The van der Waals surface area contributed by atoms with Gasteiger partial charge in [0, 0.05) is 10.4 Å². The van der Waals surface area contributed by atoms with Crippen molar-refractivity contribution in [3.05, 3.63) is 47.7 Å². The van der Waals surface area contributed by atoms with Gasteiger partial charge in [0.05, 0.1) is 0 Å². The minimum atomic E-state index is -0.478. The lowest BCUT2D eigenvalue weighted by molar-refractivity contribution is 0.257. The number of hydrogen-bond donors (Lipinski definition) is 1. The minimum absolute atomic E-state index is 0.0814. The van der Waals surface area contributed by atoms with Gasteiger partial charge in [-0.25, -0.2) is 4.98 Å². The lowest BCUT2D eigenvalue weighted by Gasteiger charge is -2.21. The van der Waals surface area contributed by atoms with Crippen LogP contribution in [0.3, 0.4) is 0 Å². The molecule has 106 valence electrons. The average Bonchev–Trinajstić information content (AvgIpc) is 2.90. The first kappa shape index (κ1) is 14.4. The van der Waals surface area contributed by atoms with Crippen molar-refractivity contribution in [2.24, 2.45) is 5.41 Å². The van der Waals surface area contributed by atoms with Gasteiger partial charge in [0.1, 0.15) is 18.4 Å². The zero-order valence-electron chi connectivity index (χ0n) is 11.5. The lowest BCUT2D eigenvalue weighted by atomic mass is 9.94. The Morgan fingerprint density at radius 2 is 1.90 bits per heavy atom. The van der Waals surface area contributed by atoms with Crippen molar-refractivity contribution in [2.75, 3.05) is 0 Å². The van der Waals surface area contributed by atoms with Gasteiger partial charge in [0.15, 0.2) is 5.76 Å². The second kappa shape index (κ2) is 5.54. The van der Waals surface area contributed by atoms with Crippen LogP contribution >= 0.6 is 11.6 Å². The summed E-state index contributed by atoms with van der Waals surface area (Å²) in [5.74, 6) is 0.853. The van der Waals surface area contributed by atoms with Gasteiger partial charge in [-0.3, -0.25) is 0 Å². The van der Waals surface area contributed by atoms with Crippen LogP contribution in [0.5, 0.6) is 5.75 Å². The third-order valence-corrected chi connectivity index (χ3v) is 2.82. The molecule has 1 heterocycles. The Labute approximate surface area is 122 Å². The highest BCUT2D eigenvalue weighted by Gasteiger charge is 2.24. The number of benzene rings is 1. The van der Waals surface area contributed by atoms with E-state index in [4.69, 9.17) is 16.3 Å². The van der Waals surface area contributed by atoms with E-state index in [1.165, 1.54) is 17.3 Å². The Bertz CT molecular complexity index is 598. The van der Waals surface area contributed by atoms with Crippen molar-refractivity contribution in [1.82, 2.24) is 14.8 Å². The number of allylic oxidation sites excluding steroid dienone is 1. The summed E-state index contributed by atoms with van der Waals surface area (Å²) in [6, 6.07) is 6.86. The fourth-order valence-electron chi connectivity index (χ4n) is 1.45. The van der Waals surface area contributed by atoms with Crippen LogP contribution in [0.25, 0.3) is 5.88 Å². The molecule has 0 radical (unpaired) electrons. The first-order chi connectivity index (χ1) is 9.38. The predicted octanol–water partition coefficient (Wildman–Crippen LogP) is 3.74. The number of aromatic nitrogens is 3. The highest BCUT2D eigenvalue weighted by atomic mass is 35.5. The summed E-state index contributed by atoms with van der Waals surface area (Å²) in [6.07, 6.45) is 2.84. The standard InChI is InChI=1S/C14H16ClN3O2/c1-14(2,3)12(19)13(18-9-16-8-17-18)20-11-6-4-10(15)5-7-11/h4-9,19H,1-3H3/b13-12+. The summed E-state index contributed by atoms with van der Waals surface area (Å²) in [6.45, 7) is 5.64. The predicted molar refractivity (Wildman–Crippen MR) is 77.4 cm³/mol. The molecule has 0 amide bonds. The number of hydrogen-bond acceptors (Lipinski definition) is 4. The largest absolute Gasteiger partial charge is 0.506 e. The van der Waals surface area contributed by atoms with Crippen molar-refractivity contribution >= 4 is 17.5 Å². The van der Waals surface area contributed by atoms with Crippen molar-refractivity contribution in [3.63, 3.8) is 0 Å². The molecule has 0 aliphatic carbocycles. The molecule has 1 aromatic carbocycles. The minimum Gasteiger partial charge on any atom is -0.506 e. The van der Waals surface area contributed by atoms with Gasteiger partial charge in [-0.2, -0.15) is 9.78 Å². The van der Waals surface area contributed by atoms with Crippen LogP contribution in [0.4, 0.5) is 0 Å². The molecule has 5 nitrogen and oxygen atoms in total. The Hall–Kier alpha value is -2.01. The summed E-state index contributed by atoms with van der Waals surface area (Å²) in [5.41, 5.74) is -0.478. The Balaban J connectivity index is 2.41. The SMILES string of the molecule is CC(C)(C)/C(O)=C(\Oc1ccc(Cl)cc1)n1cncn1. The van der Waals surface area contributed by atoms with Crippen LogP contribution in [0, 0.1) is 5.41 Å². The molecule has 0 fully saturated rings. The van der Waals surface area contributed by atoms with E-state index >= 15 is 0 Å².